The Morgan fingerprint density at radius 2 is 1.57 bits per heavy atom. The fraction of sp³-hybridized carbons (Fsp3) is 0.0870. The van der Waals surface area contributed by atoms with E-state index in [1.54, 1.807) is 23.1 Å². The SMILES string of the molecule is O=C1C(O)=C(c2ccccc2)[C@H](c2ccc(F)cc2)N1Cc1ccccc1Cl. The van der Waals surface area contributed by atoms with E-state index in [9.17, 15) is 14.3 Å². The molecule has 0 aromatic heterocycles. The predicted molar refractivity (Wildman–Crippen MR) is 107 cm³/mol. The highest BCUT2D eigenvalue weighted by Crippen LogP contribution is 2.44. The van der Waals surface area contributed by atoms with E-state index in [0.29, 0.717) is 16.2 Å². The molecule has 3 aromatic carbocycles. The Morgan fingerprint density at radius 3 is 2.25 bits per heavy atom. The molecule has 0 bridgehead atoms. The Kier molecular flexibility index (Phi) is 4.88. The molecule has 0 radical (unpaired) electrons. The first kappa shape index (κ1) is 18.3. The highest BCUT2D eigenvalue weighted by molar-refractivity contribution is 6.31. The number of benzene rings is 3. The van der Waals surface area contributed by atoms with E-state index in [0.717, 1.165) is 11.1 Å². The Hall–Kier alpha value is -3.11. The van der Waals surface area contributed by atoms with Gasteiger partial charge in [-0.15, -0.1) is 0 Å². The molecule has 0 unspecified atom stereocenters. The first-order valence-electron chi connectivity index (χ1n) is 8.84. The molecule has 0 saturated carbocycles. The summed E-state index contributed by atoms with van der Waals surface area (Å²) in [4.78, 5) is 14.5. The van der Waals surface area contributed by atoms with Crippen LogP contribution in [0.1, 0.15) is 22.7 Å². The number of hydrogen-bond donors (Lipinski definition) is 1. The van der Waals surface area contributed by atoms with Crippen molar-refractivity contribution in [2.45, 2.75) is 12.6 Å². The maximum Gasteiger partial charge on any atom is 0.290 e. The van der Waals surface area contributed by atoms with E-state index in [-0.39, 0.29) is 18.1 Å². The van der Waals surface area contributed by atoms with Gasteiger partial charge in [-0.2, -0.15) is 0 Å². The third-order valence-electron chi connectivity index (χ3n) is 4.87. The van der Waals surface area contributed by atoms with Gasteiger partial charge in [0.05, 0.1) is 6.04 Å². The molecule has 1 aliphatic rings. The van der Waals surface area contributed by atoms with Crippen molar-refractivity contribution in [3.05, 3.63) is 112 Å². The molecular formula is C23H17ClFNO2. The standard InChI is InChI=1S/C23H17ClFNO2/c24-19-9-5-4-8-17(19)14-26-21(16-10-12-18(25)13-11-16)20(22(27)23(26)28)15-6-2-1-3-7-15/h1-13,21,27H,14H2/t21-/m0/s1. The highest BCUT2D eigenvalue weighted by atomic mass is 35.5. The second kappa shape index (κ2) is 7.49. The van der Waals surface area contributed by atoms with Gasteiger partial charge in [-0.05, 0) is 34.9 Å². The summed E-state index contributed by atoms with van der Waals surface area (Å²) in [7, 11) is 0. The molecular weight excluding hydrogens is 377 g/mol. The van der Waals surface area contributed by atoms with Gasteiger partial charge in [-0.3, -0.25) is 4.79 Å². The van der Waals surface area contributed by atoms with Crippen molar-refractivity contribution in [1.29, 1.82) is 0 Å². The maximum absolute atomic E-state index is 13.5. The van der Waals surface area contributed by atoms with Crippen molar-refractivity contribution in [3.63, 3.8) is 0 Å². The molecule has 1 aliphatic heterocycles. The van der Waals surface area contributed by atoms with Gasteiger partial charge < -0.3 is 10.0 Å². The second-order valence-corrected chi connectivity index (χ2v) is 7.01. The third-order valence-corrected chi connectivity index (χ3v) is 5.24. The average molecular weight is 394 g/mol. The predicted octanol–water partition coefficient (Wildman–Crippen LogP) is 5.53. The summed E-state index contributed by atoms with van der Waals surface area (Å²) in [6.07, 6.45) is 0. The summed E-state index contributed by atoms with van der Waals surface area (Å²) in [5.41, 5.74) is 2.73. The molecule has 3 aromatic rings. The van der Waals surface area contributed by atoms with Crippen LogP contribution in [0.15, 0.2) is 84.6 Å². The van der Waals surface area contributed by atoms with Crippen molar-refractivity contribution in [2.24, 2.45) is 0 Å². The minimum absolute atomic E-state index is 0.223. The van der Waals surface area contributed by atoms with Crippen LogP contribution in [0, 0.1) is 5.82 Å². The number of hydrogen-bond acceptors (Lipinski definition) is 2. The number of aliphatic hydroxyl groups is 1. The number of carbonyl (C=O) groups is 1. The molecule has 1 amide bonds. The van der Waals surface area contributed by atoms with E-state index in [2.05, 4.69) is 0 Å². The monoisotopic (exact) mass is 393 g/mol. The number of aliphatic hydroxyl groups excluding tert-OH is 1. The molecule has 1 N–H and O–H groups in total. The minimum Gasteiger partial charge on any atom is -0.503 e. The smallest absolute Gasteiger partial charge is 0.290 e. The molecule has 0 saturated heterocycles. The van der Waals surface area contributed by atoms with Crippen LogP contribution in [0.5, 0.6) is 0 Å². The van der Waals surface area contributed by atoms with Crippen LogP contribution in [-0.2, 0) is 11.3 Å². The van der Waals surface area contributed by atoms with Gasteiger partial charge in [-0.1, -0.05) is 72.3 Å². The summed E-state index contributed by atoms with van der Waals surface area (Å²) in [6.45, 7) is 0.223. The summed E-state index contributed by atoms with van der Waals surface area (Å²) >= 11 is 6.29. The largest absolute Gasteiger partial charge is 0.503 e. The number of amides is 1. The summed E-state index contributed by atoms with van der Waals surface area (Å²) in [5, 5.41) is 11.2. The second-order valence-electron chi connectivity index (χ2n) is 6.61. The van der Waals surface area contributed by atoms with Crippen molar-refractivity contribution in [3.8, 4) is 0 Å². The maximum atomic E-state index is 13.5. The van der Waals surface area contributed by atoms with Crippen LogP contribution in [-0.4, -0.2) is 15.9 Å². The van der Waals surface area contributed by atoms with E-state index >= 15 is 0 Å². The normalized spacial score (nSPS) is 16.7. The summed E-state index contributed by atoms with van der Waals surface area (Å²) in [6, 6.07) is 21.9. The number of nitrogens with zero attached hydrogens (tertiary/aromatic N) is 1. The van der Waals surface area contributed by atoms with Gasteiger partial charge in [0.2, 0.25) is 0 Å². The third kappa shape index (κ3) is 3.27. The van der Waals surface area contributed by atoms with Gasteiger partial charge in [0, 0.05) is 17.1 Å². The molecule has 28 heavy (non-hydrogen) atoms. The summed E-state index contributed by atoms with van der Waals surface area (Å²) < 4.78 is 13.5. The molecule has 5 heteroatoms. The molecule has 0 fully saturated rings. The molecule has 0 aliphatic carbocycles. The highest BCUT2D eigenvalue weighted by Gasteiger charge is 2.41. The first-order chi connectivity index (χ1) is 13.6. The molecule has 1 atom stereocenters. The Morgan fingerprint density at radius 1 is 0.929 bits per heavy atom. The Bertz CT molecular complexity index is 1050. The molecule has 0 spiro atoms. The van der Waals surface area contributed by atoms with Gasteiger partial charge in [0.15, 0.2) is 5.76 Å². The number of halogens is 2. The summed E-state index contributed by atoms with van der Waals surface area (Å²) in [5.74, 6) is -1.14. The van der Waals surface area contributed by atoms with Gasteiger partial charge >= 0.3 is 0 Å². The van der Waals surface area contributed by atoms with Crippen LogP contribution < -0.4 is 0 Å². The van der Waals surface area contributed by atoms with Crippen molar-refractivity contribution in [1.82, 2.24) is 4.90 Å². The molecule has 3 nitrogen and oxygen atoms in total. The lowest BCUT2D eigenvalue weighted by Gasteiger charge is -2.28. The minimum atomic E-state index is -0.549. The topological polar surface area (TPSA) is 40.5 Å². The average Bonchev–Trinajstić information content (AvgIpc) is 2.96. The van der Waals surface area contributed by atoms with Gasteiger partial charge in [-0.25, -0.2) is 4.39 Å². The van der Waals surface area contributed by atoms with Crippen LogP contribution in [0.25, 0.3) is 5.57 Å². The quantitative estimate of drug-likeness (QED) is 0.633. The molecule has 4 rings (SSSR count). The van der Waals surface area contributed by atoms with E-state index in [4.69, 9.17) is 11.6 Å². The fourth-order valence-electron chi connectivity index (χ4n) is 3.53. The van der Waals surface area contributed by atoms with Crippen molar-refractivity contribution < 1.29 is 14.3 Å². The molecule has 140 valence electrons. The van der Waals surface area contributed by atoms with Crippen molar-refractivity contribution >= 4 is 23.1 Å². The van der Waals surface area contributed by atoms with Gasteiger partial charge in [0.1, 0.15) is 5.82 Å². The fourth-order valence-corrected chi connectivity index (χ4v) is 3.73. The van der Waals surface area contributed by atoms with Gasteiger partial charge in [0.25, 0.3) is 5.91 Å². The van der Waals surface area contributed by atoms with E-state index in [1.807, 2.05) is 48.5 Å². The zero-order chi connectivity index (χ0) is 19.7. The number of rotatable bonds is 4. The number of carbonyl (C=O) groups excluding carboxylic acids is 1. The van der Waals surface area contributed by atoms with Crippen LogP contribution in [0.3, 0.4) is 0 Å². The van der Waals surface area contributed by atoms with Crippen LogP contribution in [0.4, 0.5) is 4.39 Å². The van der Waals surface area contributed by atoms with Crippen molar-refractivity contribution in [2.75, 3.05) is 0 Å². The lowest BCUT2D eigenvalue weighted by Crippen LogP contribution is -2.30. The van der Waals surface area contributed by atoms with Crippen LogP contribution >= 0.6 is 11.6 Å². The zero-order valence-corrected chi connectivity index (χ0v) is 15.6. The molecule has 1 heterocycles. The Balaban J connectivity index is 1.82. The lowest BCUT2D eigenvalue weighted by molar-refractivity contribution is -0.130. The first-order valence-corrected chi connectivity index (χ1v) is 9.22. The Labute approximate surface area is 167 Å². The lowest BCUT2D eigenvalue weighted by atomic mass is 9.93. The zero-order valence-electron chi connectivity index (χ0n) is 14.8. The van der Waals surface area contributed by atoms with Crippen LogP contribution in [0.2, 0.25) is 5.02 Å². The van der Waals surface area contributed by atoms with E-state index < -0.39 is 11.9 Å². The van der Waals surface area contributed by atoms with E-state index in [1.165, 1.54) is 12.1 Å².